The molecule has 2 aliphatic rings. The second-order valence-corrected chi connectivity index (χ2v) is 7.80. The van der Waals surface area contributed by atoms with E-state index in [0.29, 0.717) is 19.4 Å². The summed E-state index contributed by atoms with van der Waals surface area (Å²) in [5.74, 6) is -0.542. The topological polar surface area (TPSA) is 80.3 Å². The first-order valence-electron chi connectivity index (χ1n) is 10.0. The first-order chi connectivity index (χ1) is 12.8. The molecule has 0 aliphatic carbocycles. The summed E-state index contributed by atoms with van der Waals surface area (Å²) >= 11 is 0. The quantitative estimate of drug-likeness (QED) is 0.422. The Morgan fingerprint density at radius 2 is 1.85 bits per heavy atom. The van der Waals surface area contributed by atoms with Crippen LogP contribution in [0.4, 0.5) is 0 Å². The largest absolute Gasteiger partial charge is 0.466 e. The summed E-state index contributed by atoms with van der Waals surface area (Å²) in [7, 11) is 1.59. The number of hydrogen-bond acceptors (Lipinski definition) is 7. The van der Waals surface area contributed by atoms with Crippen LogP contribution in [-0.4, -0.2) is 56.4 Å². The monoisotopic (exact) mass is 386 g/mol. The van der Waals surface area contributed by atoms with Crippen LogP contribution in [0, 0.1) is 17.8 Å². The lowest BCUT2D eigenvalue weighted by atomic mass is 9.83. The average Bonchev–Trinajstić information content (AvgIpc) is 3.17. The highest BCUT2D eigenvalue weighted by Gasteiger charge is 2.58. The molecule has 0 spiro atoms. The molecule has 2 saturated heterocycles. The first-order valence-corrected chi connectivity index (χ1v) is 10.0. The van der Waals surface area contributed by atoms with E-state index >= 15 is 0 Å². The van der Waals surface area contributed by atoms with Crippen molar-refractivity contribution in [1.82, 2.24) is 0 Å². The Morgan fingerprint density at radius 3 is 2.41 bits per heavy atom. The molecule has 2 aliphatic heterocycles. The fourth-order valence-corrected chi connectivity index (χ4v) is 3.74. The smallest absolute Gasteiger partial charge is 0.309 e. The molecule has 7 unspecified atom stereocenters. The molecule has 7 atom stereocenters. The van der Waals surface area contributed by atoms with E-state index < -0.39 is 18.5 Å². The molecule has 27 heavy (non-hydrogen) atoms. The minimum atomic E-state index is -0.480. The van der Waals surface area contributed by atoms with Gasteiger partial charge < -0.3 is 23.7 Å². The number of fused-ring (bicyclic) bond motifs is 2. The Kier molecular flexibility index (Phi) is 8.06. The number of methoxy groups -OCH3 is 1. The third-order valence-corrected chi connectivity index (χ3v) is 5.41. The highest BCUT2D eigenvalue weighted by Crippen LogP contribution is 2.44. The van der Waals surface area contributed by atoms with Crippen LogP contribution in [0.3, 0.4) is 0 Å². The molecule has 0 saturated carbocycles. The molecule has 0 radical (unpaired) electrons. The van der Waals surface area contributed by atoms with Crippen LogP contribution in [0.2, 0.25) is 0 Å². The lowest BCUT2D eigenvalue weighted by molar-refractivity contribution is -0.214. The summed E-state index contributed by atoms with van der Waals surface area (Å²) in [5.41, 5.74) is 0. The fourth-order valence-electron chi connectivity index (χ4n) is 3.74. The summed E-state index contributed by atoms with van der Waals surface area (Å²) < 4.78 is 28.5. The standard InChI is InChI=1S/C20H34O7/c1-7-12(5)19(22)26-17-14-9-13(10-15(21)24-8-2)16(25-14)18(17)27-20(23-6)11(3)4/h11-14,16-18,20H,7-10H2,1-6H3. The van der Waals surface area contributed by atoms with Crippen LogP contribution in [0.1, 0.15) is 53.9 Å². The van der Waals surface area contributed by atoms with E-state index in [4.69, 9.17) is 23.7 Å². The van der Waals surface area contributed by atoms with Gasteiger partial charge >= 0.3 is 11.9 Å². The van der Waals surface area contributed by atoms with Crippen molar-refractivity contribution < 1.29 is 33.3 Å². The number of esters is 2. The van der Waals surface area contributed by atoms with Crippen molar-refractivity contribution in [3.8, 4) is 0 Å². The first kappa shape index (κ1) is 22.1. The highest BCUT2D eigenvalue weighted by atomic mass is 16.7. The summed E-state index contributed by atoms with van der Waals surface area (Å²) in [4.78, 5) is 24.3. The molecule has 7 heteroatoms. The molecular weight excluding hydrogens is 352 g/mol. The van der Waals surface area contributed by atoms with Gasteiger partial charge in [0.2, 0.25) is 0 Å². The number of ether oxygens (including phenoxy) is 5. The van der Waals surface area contributed by atoms with Gasteiger partial charge in [-0.1, -0.05) is 27.7 Å². The van der Waals surface area contributed by atoms with Gasteiger partial charge in [0.15, 0.2) is 12.4 Å². The van der Waals surface area contributed by atoms with Crippen molar-refractivity contribution in [3.05, 3.63) is 0 Å². The van der Waals surface area contributed by atoms with Gasteiger partial charge in [-0.15, -0.1) is 0 Å². The molecule has 0 aromatic heterocycles. The van der Waals surface area contributed by atoms with Crippen LogP contribution in [-0.2, 0) is 33.3 Å². The van der Waals surface area contributed by atoms with E-state index in [0.717, 1.165) is 0 Å². The fraction of sp³-hybridized carbons (Fsp3) is 0.900. The van der Waals surface area contributed by atoms with Gasteiger partial charge in [-0.25, -0.2) is 0 Å². The Hall–Kier alpha value is -1.18. The molecule has 0 aromatic carbocycles. The van der Waals surface area contributed by atoms with Crippen molar-refractivity contribution >= 4 is 11.9 Å². The van der Waals surface area contributed by atoms with Crippen molar-refractivity contribution in [2.24, 2.45) is 17.8 Å². The normalized spacial score (nSPS) is 31.7. The molecule has 7 nitrogen and oxygen atoms in total. The van der Waals surface area contributed by atoms with Crippen LogP contribution in [0.15, 0.2) is 0 Å². The summed E-state index contributed by atoms with van der Waals surface area (Å²) in [6, 6.07) is 0. The summed E-state index contributed by atoms with van der Waals surface area (Å²) in [6.07, 6.45) is -0.311. The minimum absolute atomic E-state index is 0.0118. The summed E-state index contributed by atoms with van der Waals surface area (Å²) in [6.45, 7) is 9.94. The molecule has 0 amide bonds. The Bertz CT molecular complexity index is 507. The van der Waals surface area contributed by atoms with E-state index in [1.54, 1.807) is 14.0 Å². The van der Waals surface area contributed by atoms with Crippen molar-refractivity contribution in [2.75, 3.05) is 13.7 Å². The van der Waals surface area contributed by atoms with Crippen LogP contribution in [0.5, 0.6) is 0 Å². The molecular formula is C20H34O7. The number of carbonyl (C=O) groups is 2. The third kappa shape index (κ3) is 5.21. The zero-order valence-corrected chi connectivity index (χ0v) is 17.3. The van der Waals surface area contributed by atoms with Crippen LogP contribution in [0.25, 0.3) is 0 Å². The maximum absolute atomic E-state index is 12.3. The molecule has 2 heterocycles. The molecule has 2 rings (SSSR count). The zero-order chi connectivity index (χ0) is 20.1. The predicted octanol–water partition coefficient (Wildman–Crippen LogP) is 2.70. The third-order valence-electron chi connectivity index (χ3n) is 5.41. The van der Waals surface area contributed by atoms with E-state index in [9.17, 15) is 9.59 Å². The maximum atomic E-state index is 12.3. The van der Waals surface area contributed by atoms with Crippen LogP contribution >= 0.6 is 0 Å². The molecule has 2 fully saturated rings. The highest BCUT2D eigenvalue weighted by molar-refractivity contribution is 5.72. The molecule has 0 N–H and O–H groups in total. The second kappa shape index (κ2) is 9.85. The van der Waals surface area contributed by atoms with Crippen molar-refractivity contribution in [1.29, 1.82) is 0 Å². The summed E-state index contributed by atoms with van der Waals surface area (Å²) in [5, 5.41) is 0. The molecule has 0 aromatic rings. The van der Waals surface area contributed by atoms with Gasteiger partial charge in [-0.05, 0) is 19.8 Å². The van der Waals surface area contributed by atoms with E-state index in [1.165, 1.54) is 0 Å². The Morgan fingerprint density at radius 1 is 1.15 bits per heavy atom. The van der Waals surface area contributed by atoms with E-state index in [-0.39, 0.29) is 48.3 Å². The van der Waals surface area contributed by atoms with E-state index in [2.05, 4.69) is 0 Å². The van der Waals surface area contributed by atoms with E-state index in [1.807, 2.05) is 27.7 Å². The van der Waals surface area contributed by atoms with Crippen LogP contribution < -0.4 is 0 Å². The molecule has 2 bridgehead atoms. The SMILES string of the molecule is CCOC(=O)CC1CC2OC1C(OC(OC)C(C)C)C2OC(=O)C(C)CC. The lowest BCUT2D eigenvalue weighted by Gasteiger charge is -2.35. The van der Waals surface area contributed by atoms with Gasteiger partial charge in [0, 0.05) is 18.9 Å². The number of hydrogen-bond donors (Lipinski definition) is 0. The molecule has 156 valence electrons. The second-order valence-electron chi connectivity index (χ2n) is 7.80. The average molecular weight is 386 g/mol. The van der Waals surface area contributed by atoms with Gasteiger partial charge in [0.25, 0.3) is 0 Å². The van der Waals surface area contributed by atoms with Crippen molar-refractivity contribution in [2.45, 2.75) is 84.6 Å². The number of rotatable bonds is 10. The minimum Gasteiger partial charge on any atom is -0.466 e. The Balaban J connectivity index is 2.12. The van der Waals surface area contributed by atoms with Gasteiger partial charge in [0.05, 0.1) is 31.2 Å². The number of carbonyl (C=O) groups excluding carboxylic acids is 2. The predicted molar refractivity (Wildman–Crippen MR) is 97.9 cm³/mol. The zero-order valence-electron chi connectivity index (χ0n) is 17.3. The van der Waals surface area contributed by atoms with Crippen molar-refractivity contribution in [3.63, 3.8) is 0 Å². The van der Waals surface area contributed by atoms with Gasteiger partial charge in [-0.3, -0.25) is 9.59 Å². The Labute approximate surface area is 162 Å². The lowest BCUT2D eigenvalue weighted by Crippen LogP contribution is -2.49. The van der Waals surface area contributed by atoms with Gasteiger partial charge in [0.1, 0.15) is 6.10 Å². The van der Waals surface area contributed by atoms with Gasteiger partial charge in [-0.2, -0.15) is 0 Å². The maximum Gasteiger partial charge on any atom is 0.309 e.